The van der Waals surface area contributed by atoms with Gasteiger partial charge in [-0.2, -0.15) is 0 Å². The minimum Gasteiger partial charge on any atom is -0.463 e. The minimum atomic E-state index is -1.11. The molecule has 0 heterocycles. The van der Waals surface area contributed by atoms with Crippen LogP contribution in [0.25, 0.3) is 0 Å². The molecule has 1 atom stereocenters. The third-order valence-corrected chi connectivity index (χ3v) is 6.32. The Kier molecular flexibility index (Phi) is 29.2. The highest BCUT2D eigenvalue weighted by Crippen LogP contribution is 2.06. The van der Waals surface area contributed by atoms with Crippen molar-refractivity contribution < 1.29 is 38.9 Å². The van der Waals surface area contributed by atoms with E-state index in [1.54, 1.807) is 6.92 Å². The van der Waals surface area contributed by atoms with Crippen LogP contribution in [-0.2, 0) is 28.7 Å². The zero-order chi connectivity index (χ0) is 34.8. The second kappa shape index (κ2) is 31.9. The minimum absolute atomic E-state index is 0.0772. The van der Waals surface area contributed by atoms with Gasteiger partial charge in [0, 0.05) is 25.1 Å². The van der Waals surface area contributed by atoms with E-state index < -0.39 is 43.2 Å². The van der Waals surface area contributed by atoms with Gasteiger partial charge in [-0.05, 0) is 71.1 Å². The van der Waals surface area contributed by atoms with Gasteiger partial charge in [-0.25, -0.2) is 9.59 Å². The highest BCUT2D eigenvalue weighted by atomic mass is 16.6. The lowest BCUT2D eigenvalue weighted by Crippen LogP contribution is -2.43. The predicted molar refractivity (Wildman–Crippen MR) is 186 cm³/mol. The van der Waals surface area contributed by atoms with Crippen LogP contribution >= 0.6 is 0 Å². The molecule has 0 aliphatic heterocycles. The van der Waals surface area contributed by atoms with Gasteiger partial charge in [0.25, 0.3) is 0 Å². The number of unbranched alkanes of at least 4 members (excludes halogenated alkanes) is 1. The van der Waals surface area contributed by atoms with Crippen molar-refractivity contribution in [3.63, 3.8) is 0 Å². The van der Waals surface area contributed by atoms with Gasteiger partial charge < -0.3 is 30.3 Å². The van der Waals surface area contributed by atoms with Crippen molar-refractivity contribution in [2.45, 2.75) is 96.6 Å². The summed E-state index contributed by atoms with van der Waals surface area (Å²) in [5, 5.41) is 23.7. The van der Waals surface area contributed by atoms with Crippen molar-refractivity contribution in [3.05, 3.63) is 85.1 Å². The molecular weight excluding hydrogens is 600 g/mol. The van der Waals surface area contributed by atoms with Crippen LogP contribution in [0.5, 0.6) is 0 Å². The van der Waals surface area contributed by atoms with Gasteiger partial charge in [0.05, 0.1) is 19.8 Å². The molecule has 0 aromatic rings. The molecule has 47 heavy (non-hydrogen) atoms. The quantitative estimate of drug-likeness (QED) is 0.0405. The number of aliphatic hydroxyl groups excluding tert-OH is 2. The smallest absolute Gasteiger partial charge is 0.330 e. The molecule has 4 N–H and O–H groups in total. The van der Waals surface area contributed by atoms with E-state index in [0.29, 0.717) is 32.2 Å². The fourth-order valence-electron chi connectivity index (χ4n) is 3.83. The Hall–Kier alpha value is -4.02. The van der Waals surface area contributed by atoms with Crippen LogP contribution in [-0.4, -0.2) is 72.5 Å². The third-order valence-electron chi connectivity index (χ3n) is 6.32. The first-order valence-corrected chi connectivity index (χ1v) is 16.6. The third kappa shape index (κ3) is 28.0. The maximum Gasteiger partial charge on any atom is 0.330 e. The van der Waals surface area contributed by atoms with Crippen molar-refractivity contribution in [1.29, 1.82) is 0 Å². The lowest BCUT2D eigenvalue weighted by Gasteiger charge is -2.20. The number of carbonyl (C=O) groups excluding carboxylic acids is 4. The molecule has 1 unspecified atom stereocenters. The number of rotatable bonds is 27. The Bertz CT molecular complexity index is 1070. The van der Waals surface area contributed by atoms with E-state index in [0.717, 1.165) is 50.7 Å². The molecule has 0 saturated carbocycles. The van der Waals surface area contributed by atoms with Gasteiger partial charge in [0.2, 0.25) is 11.8 Å². The van der Waals surface area contributed by atoms with E-state index >= 15 is 0 Å². The molecule has 262 valence electrons. The highest BCUT2D eigenvalue weighted by Gasteiger charge is 2.24. The maximum absolute atomic E-state index is 12.5. The lowest BCUT2D eigenvalue weighted by molar-refractivity contribution is -0.157. The standard InChI is InChI=1S/C37H56N2O8/c1-3-5-6-7-8-9-10-11-12-13-14-15-16-17-18-19-20-21-22-26-34(42)38-29-24-23-25-33(37(45)47-32(30-40)31-41)39-35(43)27-28-36(44)46-4-2/h5-6,8-9,11-12,14-15,17-18,20-21,27-28,32-33,40-41H,3-4,7,10,13,16,19,22-26,29-31H2,1-2H3,(H,38,42)(H,39,43)/b6-5-,9-8-,12-11-,15-14-,18-17-,21-20-,28-27+. The van der Waals surface area contributed by atoms with Gasteiger partial charge in [0.15, 0.2) is 0 Å². The maximum atomic E-state index is 12.5. The summed E-state index contributed by atoms with van der Waals surface area (Å²) in [6.07, 6.45) is 34.3. The number of esters is 2. The first-order chi connectivity index (χ1) is 22.9. The molecular formula is C37H56N2O8. The number of ether oxygens (including phenoxy) is 2. The molecule has 0 rings (SSSR count). The van der Waals surface area contributed by atoms with Gasteiger partial charge >= 0.3 is 11.9 Å². The summed E-state index contributed by atoms with van der Waals surface area (Å²) in [6.45, 7) is 3.17. The number of allylic oxidation sites excluding steroid dienone is 12. The molecule has 10 nitrogen and oxygen atoms in total. The highest BCUT2D eigenvalue weighted by molar-refractivity contribution is 5.96. The van der Waals surface area contributed by atoms with E-state index in [1.165, 1.54) is 0 Å². The summed E-state index contributed by atoms with van der Waals surface area (Å²) in [4.78, 5) is 48.3. The number of aliphatic hydroxyl groups is 2. The molecule has 0 fully saturated rings. The van der Waals surface area contributed by atoms with Crippen LogP contribution < -0.4 is 10.6 Å². The monoisotopic (exact) mass is 656 g/mol. The Morgan fingerprint density at radius 1 is 0.702 bits per heavy atom. The molecule has 0 aliphatic carbocycles. The zero-order valence-electron chi connectivity index (χ0n) is 28.2. The SMILES string of the molecule is CC/C=C\C/C=C\C/C=C\C/C=C\C/C=C\C/C=C\CCC(=O)NCCCCC(NC(=O)/C=C/C(=O)OCC)C(=O)OC(CO)CO. The van der Waals surface area contributed by atoms with Crippen molar-refractivity contribution in [2.24, 2.45) is 0 Å². The Morgan fingerprint density at radius 2 is 1.23 bits per heavy atom. The van der Waals surface area contributed by atoms with Crippen LogP contribution in [0.15, 0.2) is 85.1 Å². The van der Waals surface area contributed by atoms with Crippen LogP contribution in [0, 0.1) is 0 Å². The van der Waals surface area contributed by atoms with Gasteiger partial charge in [-0.15, -0.1) is 0 Å². The Balaban J connectivity index is 4.22. The van der Waals surface area contributed by atoms with Crippen molar-refractivity contribution >= 4 is 23.8 Å². The number of hydrogen-bond acceptors (Lipinski definition) is 8. The largest absolute Gasteiger partial charge is 0.463 e. The number of amides is 2. The second-order valence-electron chi connectivity index (χ2n) is 10.4. The van der Waals surface area contributed by atoms with Crippen LogP contribution in [0.1, 0.15) is 84.5 Å². The molecule has 0 aliphatic rings. The summed E-state index contributed by atoms with van der Waals surface area (Å²) in [5.74, 6) is -2.30. The van der Waals surface area contributed by atoms with E-state index in [-0.39, 0.29) is 18.9 Å². The van der Waals surface area contributed by atoms with Gasteiger partial charge in [-0.1, -0.05) is 79.8 Å². The number of carbonyl (C=O) groups is 4. The fourth-order valence-corrected chi connectivity index (χ4v) is 3.83. The van der Waals surface area contributed by atoms with Crippen LogP contribution in [0.3, 0.4) is 0 Å². The molecule has 0 spiro atoms. The van der Waals surface area contributed by atoms with E-state index in [2.05, 4.69) is 78.3 Å². The molecule has 2 amide bonds. The normalized spacial score (nSPS) is 13.0. The molecule has 0 radical (unpaired) electrons. The average molecular weight is 657 g/mol. The number of nitrogens with one attached hydrogen (secondary N) is 2. The molecule has 0 aromatic heterocycles. The second-order valence-corrected chi connectivity index (χ2v) is 10.4. The molecule has 0 saturated heterocycles. The van der Waals surface area contributed by atoms with E-state index in [4.69, 9.17) is 9.47 Å². The summed E-state index contributed by atoms with van der Waals surface area (Å²) >= 11 is 0. The topological polar surface area (TPSA) is 151 Å². The summed E-state index contributed by atoms with van der Waals surface area (Å²) in [6, 6.07) is -1.07. The molecule has 10 heteroatoms. The van der Waals surface area contributed by atoms with E-state index in [1.807, 2.05) is 12.2 Å². The summed E-state index contributed by atoms with van der Waals surface area (Å²) < 4.78 is 9.76. The first-order valence-electron chi connectivity index (χ1n) is 16.6. The first kappa shape index (κ1) is 43.0. The molecule has 0 bridgehead atoms. The Labute approximate surface area is 281 Å². The summed E-state index contributed by atoms with van der Waals surface area (Å²) in [7, 11) is 0. The van der Waals surface area contributed by atoms with Crippen molar-refractivity contribution in [1.82, 2.24) is 10.6 Å². The summed E-state index contributed by atoms with van der Waals surface area (Å²) in [5.41, 5.74) is 0. The van der Waals surface area contributed by atoms with Gasteiger partial charge in [0.1, 0.15) is 12.1 Å². The fraction of sp³-hybridized carbons (Fsp3) is 0.514. The zero-order valence-corrected chi connectivity index (χ0v) is 28.2. The van der Waals surface area contributed by atoms with Crippen LogP contribution in [0.2, 0.25) is 0 Å². The van der Waals surface area contributed by atoms with Crippen molar-refractivity contribution in [2.75, 3.05) is 26.4 Å². The van der Waals surface area contributed by atoms with Gasteiger partial charge in [-0.3, -0.25) is 9.59 Å². The predicted octanol–water partition coefficient (Wildman–Crippen LogP) is 5.25. The van der Waals surface area contributed by atoms with E-state index in [9.17, 15) is 29.4 Å². The van der Waals surface area contributed by atoms with Crippen molar-refractivity contribution in [3.8, 4) is 0 Å². The molecule has 0 aromatic carbocycles. The lowest BCUT2D eigenvalue weighted by atomic mass is 10.1. The average Bonchev–Trinajstić information content (AvgIpc) is 3.06. The Morgan fingerprint density at radius 3 is 1.74 bits per heavy atom. The number of hydrogen-bond donors (Lipinski definition) is 4. The van der Waals surface area contributed by atoms with Crippen LogP contribution in [0.4, 0.5) is 0 Å².